The number of halogens is 2. The van der Waals surface area contributed by atoms with Crippen molar-refractivity contribution in [2.75, 3.05) is 13.1 Å². The van der Waals surface area contributed by atoms with Crippen molar-refractivity contribution >= 4 is 5.96 Å². The predicted molar refractivity (Wildman–Crippen MR) is 88.9 cm³/mol. The Morgan fingerprint density at radius 2 is 2.04 bits per heavy atom. The molecular formula is C17H22F2N4O. The van der Waals surface area contributed by atoms with E-state index in [4.69, 9.17) is 4.42 Å². The maximum absolute atomic E-state index is 13.6. The molecule has 7 heteroatoms. The number of oxazole rings is 1. The number of benzene rings is 1. The molecular weight excluding hydrogens is 314 g/mol. The van der Waals surface area contributed by atoms with Gasteiger partial charge in [-0.25, -0.2) is 18.8 Å². The number of aliphatic imine (C=N–C) groups is 1. The van der Waals surface area contributed by atoms with E-state index < -0.39 is 11.6 Å². The summed E-state index contributed by atoms with van der Waals surface area (Å²) in [6.45, 7) is 7.17. The molecule has 130 valence electrons. The number of aromatic nitrogens is 1. The maximum atomic E-state index is 13.6. The first-order chi connectivity index (χ1) is 11.5. The molecule has 1 heterocycles. The number of rotatable bonds is 6. The molecule has 0 spiro atoms. The molecule has 0 amide bonds. The quantitative estimate of drug-likeness (QED) is 0.629. The normalized spacial score (nSPS) is 11.6. The summed E-state index contributed by atoms with van der Waals surface area (Å²) in [6, 6.07) is 3.60. The molecule has 0 bridgehead atoms. The third-order valence-electron chi connectivity index (χ3n) is 3.49. The topological polar surface area (TPSA) is 62.5 Å². The van der Waals surface area contributed by atoms with Crippen LogP contribution in [0.2, 0.25) is 0 Å². The zero-order chi connectivity index (χ0) is 17.5. The van der Waals surface area contributed by atoms with Crippen molar-refractivity contribution < 1.29 is 13.2 Å². The van der Waals surface area contributed by atoms with Gasteiger partial charge in [0.15, 0.2) is 5.96 Å². The highest BCUT2D eigenvalue weighted by Crippen LogP contribution is 2.10. The highest BCUT2D eigenvalue weighted by molar-refractivity contribution is 5.79. The van der Waals surface area contributed by atoms with Crippen LogP contribution >= 0.6 is 0 Å². The Labute approximate surface area is 140 Å². The minimum absolute atomic E-state index is 0.314. The Kier molecular flexibility index (Phi) is 6.28. The lowest BCUT2D eigenvalue weighted by atomic mass is 10.1. The molecule has 0 fully saturated rings. The zero-order valence-corrected chi connectivity index (χ0v) is 14.1. The molecule has 1 aromatic carbocycles. The monoisotopic (exact) mass is 336 g/mol. The molecule has 0 saturated carbocycles. The van der Waals surface area contributed by atoms with Gasteiger partial charge in [0.2, 0.25) is 5.89 Å². The van der Waals surface area contributed by atoms with Crippen LogP contribution in [0.25, 0.3) is 0 Å². The molecule has 0 unspecified atom stereocenters. The summed E-state index contributed by atoms with van der Waals surface area (Å²) in [5.41, 5.74) is 1.31. The second-order valence-corrected chi connectivity index (χ2v) is 5.36. The van der Waals surface area contributed by atoms with E-state index in [1.165, 1.54) is 12.1 Å². The van der Waals surface area contributed by atoms with Crippen molar-refractivity contribution in [3.8, 4) is 0 Å². The van der Waals surface area contributed by atoms with Crippen LogP contribution in [0, 0.1) is 25.5 Å². The Morgan fingerprint density at radius 1 is 1.25 bits per heavy atom. The van der Waals surface area contributed by atoms with Crippen LogP contribution in [-0.4, -0.2) is 24.0 Å². The largest absolute Gasteiger partial charge is 0.444 e. The van der Waals surface area contributed by atoms with E-state index in [9.17, 15) is 8.78 Å². The van der Waals surface area contributed by atoms with Crippen LogP contribution in [0.4, 0.5) is 8.78 Å². The van der Waals surface area contributed by atoms with Gasteiger partial charge in [-0.15, -0.1) is 0 Å². The molecule has 1 aromatic heterocycles. The van der Waals surface area contributed by atoms with Gasteiger partial charge in [0.05, 0.1) is 5.69 Å². The van der Waals surface area contributed by atoms with Gasteiger partial charge in [-0.05, 0) is 38.8 Å². The van der Waals surface area contributed by atoms with Crippen molar-refractivity contribution in [1.29, 1.82) is 0 Å². The molecule has 2 N–H and O–H groups in total. The number of aryl methyl sites for hydroxylation is 2. The van der Waals surface area contributed by atoms with Gasteiger partial charge >= 0.3 is 0 Å². The van der Waals surface area contributed by atoms with Crippen molar-refractivity contribution in [2.24, 2.45) is 4.99 Å². The number of hydrogen-bond acceptors (Lipinski definition) is 3. The second-order valence-electron chi connectivity index (χ2n) is 5.36. The lowest BCUT2D eigenvalue weighted by Crippen LogP contribution is -2.38. The van der Waals surface area contributed by atoms with Gasteiger partial charge in [0.25, 0.3) is 0 Å². The van der Waals surface area contributed by atoms with Crippen molar-refractivity contribution in [3.05, 3.63) is 52.7 Å². The molecule has 0 atom stereocenters. The SMILES string of the molecule is CCNC(=NCc1nc(C)c(C)o1)NCCc1ccc(F)cc1F. The summed E-state index contributed by atoms with van der Waals surface area (Å²) in [5.74, 6) is 0.811. The van der Waals surface area contributed by atoms with Crippen LogP contribution in [0.5, 0.6) is 0 Å². The van der Waals surface area contributed by atoms with Gasteiger partial charge in [-0.1, -0.05) is 6.07 Å². The minimum Gasteiger partial charge on any atom is -0.444 e. The molecule has 0 saturated heterocycles. The predicted octanol–water partition coefficient (Wildman–Crippen LogP) is 2.87. The van der Waals surface area contributed by atoms with E-state index in [0.29, 0.717) is 43.5 Å². The molecule has 24 heavy (non-hydrogen) atoms. The molecule has 0 aliphatic rings. The highest BCUT2D eigenvalue weighted by atomic mass is 19.1. The first-order valence-corrected chi connectivity index (χ1v) is 7.88. The number of guanidine groups is 1. The minimum atomic E-state index is -0.573. The molecule has 2 aromatic rings. The average Bonchev–Trinajstić information content (AvgIpc) is 2.85. The standard InChI is InChI=1S/C17H22F2N4O/c1-4-20-17(22-10-16-23-11(2)12(3)24-16)21-8-7-13-5-6-14(18)9-15(13)19/h5-6,9H,4,7-8,10H2,1-3H3,(H2,20,21,22). The third-order valence-corrected chi connectivity index (χ3v) is 3.49. The van der Waals surface area contributed by atoms with E-state index in [-0.39, 0.29) is 0 Å². The van der Waals surface area contributed by atoms with E-state index >= 15 is 0 Å². The van der Waals surface area contributed by atoms with Gasteiger partial charge in [-0.3, -0.25) is 0 Å². The first kappa shape index (κ1) is 17.9. The molecule has 0 aliphatic heterocycles. The summed E-state index contributed by atoms with van der Waals surface area (Å²) >= 11 is 0. The van der Waals surface area contributed by atoms with Crippen LogP contribution < -0.4 is 10.6 Å². The number of hydrogen-bond donors (Lipinski definition) is 2. The van der Waals surface area contributed by atoms with Gasteiger partial charge in [0, 0.05) is 19.2 Å². The lowest BCUT2D eigenvalue weighted by Gasteiger charge is -2.11. The summed E-state index contributed by atoms with van der Waals surface area (Å²) in [6.07, 6.45) is 0.424. The van der Waals surface area contributed by atoms with Gasteiger partial charge in [-0.2, -0.15) is 0 Å². The van der Waals surface area contributed by atoms with Crippen LogP contribution in [0.1, 0.15) is 29.8 Å². The summed E-state index contributed by atoms with van der Waals surface area (Å²) in [4.78, 5) is 8.67. The summed E-state index contributed by atoms with van der Waals surface area (Å²) in [7, 11) is 0. The Hall–Kier alpha value is -2.44. The third kappa shape index (κ3) is 5.04. The fourth-order valence-corrected chi connectivity index (χ4v) is 2.14. The van der Waals surface area contributed by atoms with Gasteiger partial charge < -0.3 is 15.1 Å². The number of nitrogens with zero attached hydrogens (tertiary/aromatic N) is 2. The maximum Gasteiger partial charge on any atom is 0.216 e. The van der Waals surface area contributed by atoms with Crippen molar-refractivity contribution in [1.82, 2.24) is 15.6 Å². The second kappa shape index (κ2) is 8.42. The van der Waals surface area contributed by atoms with E-state index in [1.807, 2.05) is 20.8 Å². The van der Waals surface area contributed by atoms with E-state index in [0.717, 1.165) is 17.5 Å². The molecule has 0 aliphatic carbocycles. The van der Waals surface area contributed by atoms with Crippen molar-refractivity contribution in [2.45, 2.75) is 33.7 Å². The van der Waals surface area contributed by atoms with Crippen molar-refractivity contribution in [3.63, 3.8) is 0 Å². The first-order valence-electron chi connectivity index (χ1n) is 7.88. The fraction of sp³-hybridized carbons (Fsp3) is 0.412. The molecule has 0 radical (unpaired) electrons. The Balaban J connectivity index is 1.91. The highest BCUT2D eigenvalue weighted by Gasteiger charge is 2.06. The molecule has 2 rings (SSSR count). The Morgan fingerprint density at radius 3 is 2.67 bits per heavy atom. The smallest absolute Gasteiger partial charge is 0.216 e. The summed E-state index contributed by atoms with van der Waals surface area (Å²) < 4.78 is 32.0. The molecule has 5 nitrogen and oxygen atoms in total. The van der Waals surface area contributed by atoms with E-state index in [1.54, 1.807) is 0 Å². The van der Waals surface area contributed by atoms with Gasteiger partial charge in [0.1, 0.15) is 23.9 Å². The van der Waals surface area contributed by atoms with Crippen LogP contribution in [0.3, 0.4) is 0 Å². The number of nitrogens with one attached hydrogen (secondary N) is 2. The Bertz CT molecular complexity index is 693. The summed E-state index contributed by atoms with van der Waals surface area (Å²) in [5, 5.41) is 6.21. The average molecular weight is 336 g/mol. The van der Waals surface area contributed by atoms with Crippen LogP contribution in [0.15, 0.2) is 27.6 Å². The van der Waals surface area contributed by atoms with E-state index in [2.05, 4.69) is 20.6 Å². The van der Waals surface area contributed by atoms with Crippen LogP contribution in [-0.2, 0) is 13.0 Å². The fourth-order valence-electron chi connectivity index (χ4n) is 2.14. The zero-order valence-electron chi connectivity index (χ0n) is 14.1. The lowest BCUT2D eigenvalue weighted by molar-refractivity contribution is 0.473.